The first-order valence-corrected chi connectivity index (χ1v) is 7.69. The van der Waals surface area contributed by atoms with Crippen molar-refractivity contribution in [2.75, 3.05) is 0 Å². The average molecular weight is 402 g/mol. The third kappa shape index (κ3) is 4.77. The van der Waals surface area contributed by atoms with E-state index in [4.69, 9.17) is 21.7 Å². The number of H-pyrrole nitrogens is 1. The van der Waals surface area contributed by atoms with Crippen LogP contribution in [0.15, 0.2) is 46.8 Å². The quantitative estimate of drug-likeness (QED) is 0.138. The van der Waals surface area contributed by atoms with Gasteiger partial charge in [-0.15, -0.1) is 0 Å². The Kier molecular flexibility index (Phi) is 5.99. The van der Waals surface area contributed by atoms with E-state index in [9.17, 15) is 24.0 Å². The molecular weight excluding hydrogens is 388 g/mol. The Morgan fingerprint density at radius 1 is 1.03 bits per heavy atom. The lowest BCUT2D eigenvalue weighted by Gasteiger charge is -2.02. The second-order valence-corrected chi connectivity index (χ2v) is 5.38. The molecule has 12 heteroatoms. The van der Waals surface area contributed by atoms with Gasteiger partial charge in [-0.3, -0.25) is 19.5 Å². The van der Waals surface area contributed by atoms with Crippen molar-refractivity contribution < 1.29 is 34.1 Å². The van der Waals surface area contributed by atoms with Crippen molar-refractivity contribution in [1.29, 1.82) is 0 Å². The molecule has 2 amide bonds. The Balaban J connectivity index is 2.53. The van der Waals surface area contributed by atoms with Gasteiger partial charge < -0.3 is 26.4 Å². The largest absolute Gasteiger partial charge is 0.512 e. The van der Waals surface area contributed by atoms with Crippen molar-refractivity contribution in [2.45, 2.75) is 0 Å². The number of carbonyl (C=O) groups is 4. The van der Waals surface area contributed by atoms with E-state index in [0.717, 1.165) is 22.9 Å². The highest BCUT2D eigenvalue weighted by Gasteiger charge is 2.17. The lowest BCUT2D eigenvalue weighted by molar-refractivity contribution is -0.120. The molecule has 29 heavy (non-hydrogen) atoms. The molecule has 150 valence electrons. The number of carboxylic acid groups (broad SMARTS) is 2. The van der Waals surface area contributed by atoms with Crippen LogP contribution in [0.3, 0.4) is 0 Å². The molecule has 0 fully saturated rings. The molecule has 0 aliphatic rings. The van der Waals surface area contributed by atoms with Crippen LogP contribution in [0.25, 0.3) is 11.8 Å². The number of aromatic nitrogens is 2. The molecule has 0 saturated carbocycles. The van der Waals surface area contributed by atoms with E-state index < -0.39 is 41.0 Å². The smallest absolute Gasteiger partial charge is 0.478 e. The Morgan fingerprint density at radius 2 is 1.62 bits per heavy atom. The molecule has 1 aromatic carbocycles. The number of aromatic carboxylic acids is 1. The highest BCUT2D eigenvalue weighted by Crippen LogP contribution is 2.17. The molecule has 0 aliphatic carbocycles. The number of aromatic amines is 1. The van der Waals surface area contributed by atoms with Crippen molar-refractivity contribution in [1.82, 2.24) is 9.78 Å². The number of carboxylic acids is 1. The summed E-state index contributed by atoms with van der Waals surface area (Å²) >= 11 is 0. The Hall–Kier alpha value is -4.61. The molecule has 7 N–H and O–H groups in total. The van der Waals surface area contributed by atoms with Crippen LogP contribution >= 0.6 is 0 Å². The number of hydrogen-bond donors (Lipinski definition) is 5. The van der Waals surface area contributed by atoms with Crippen molar-refractivity contribution >= 4 is 30.0 Å². The van der Waals surface area contributed by atoms with Crippen LogP contribution in [-0.4, -0.2) is 43.9 Å². The maximum atomic E-state index is 12.6. The van der Waals surface area contributed by atoms with E-state index in [2.05, 4.69) is 9.84 Å². The van der Waals surface area contributed by atoms with Gasteiger partial charge in [0.25, 0.3) is 17.4 Å². The minimum atomic E-state index is -1.71. The monoisotopic (exact) mass is 402 g/mol. The number of ether oxygens (including phenoxy) is 1. The van der Waals surface area contributed by atoms with Gasteiger partial charge >= 0.3 is 12.1 Å². The van der Waals surface area contributed by atoms with Crippen LogP contribution in [0, 0.1) is 0 Å². The van der Waals surface area contributed by atoms with Gasteiger partial charge in [-0.05, 0) is 36.4 Å². The molecular formula is C17H14N4O8. The van der Waals surface area contributed by atoms with Crippen LogP contribution in [-0.2, 0) is 9.59 Å². The normalized spacial score (nSPS) is 10.5. The number of carbonyl (C=O) groups excluding carboxylic acids is 2. The van der Waals surface area contributed by atoms with Crippen molar-refractivity contribution in [3.8, 4) is 11.6 Å². The van der Waals surface area contributed by atoms with Gasteiger partial charge in [0.1, 0.15) is 11.1 Å². The van der Waals surface area contributed by atoms with Gasteiger partial charge in [-0.25, -0.2) is 14.3 Å². The van der Waals surface area contributed by atoms with E-state index in [0.29, 0.717) is 0 Å². The fourth-order valence-corrected chi connectivity index (χ4v) is 2.20. The summed E-state index contributed by atoms with van der Waals surface area (Å²) in [6.45, 7) is 0. The standard InChI is InChI=1S/C17H14N4O8/c18-12(22)10(13(19)23)2-1-3-11-14(29-17(27)28)20-21(15(11)24)9-6-4-8(5-7-9)16(25)26/h1-7,20H,(H2,18,22)(H2,19,23)(H,25,26)(H,27,28). The molecule has 0 bridgehead atoms. The van der Waals surface area contributed by atoms with E-state index >= 15 is 0 Å². The first kappa shape index (κ1) is 20.7. The molecule has 2 rings (SSSR count). The summed E-state index contributed by atoms with van der Waals surface area (Å²) in [7, 11) is 0. The van der Waals surface area contributed by atoms with Gasteiger partial charge in [0.15, 0.2) is 0 Å². The van der Waals surface area contributed by atoms with Crippen molar-refractivity contribution in [3.05, 3.63) is 63.5 Å². The molecule has 0 spiro atoms. The summed E-state index contributed by atoms with van der Waals surface area (Å²) in [5.41, 5.74) is 8.61. The molecule has 0 unspecified atom stereocenters. The van der Waals surface area contributed by atoms with E-state index in [1.807, 2.05) is 0 Å². The topological polar surface area (TPSA) is 208 Å². The number of amides is 2. The van der Waals surface area contributed by atoms with Gasteiger partial charge in [-0.1, -0.05) is 6.08 Å². The molecule has 0 radical (unpaired) electrons. The van der Waals surface area contributed by atoms with E-state index in [-0.39, 0.29) is 16.8 Å². The van der Waals surface area contributed by atoms with Crippen LogP contribution in [0.5, 0.6) is 5.88 Å². The number of nitrogens with zero attached hydrogens (tertiary/aromatic N) is 1. The van der Waals surface area contributed by atoms with Crippen molar-refractivity contribution in [3.63, 3.8) is 0 Å². The van der Waals surface area contributed by atoms with Crippen molar-refractivity contribution in [2.24, 2.45) is 11.5 Å². The van der Waals surface area contributed by atoms with Gasteiger partial charge in [0.05, 0.1) is 11.3 Å². The minimum Gasteiger partial charge on any atom is -0.478 e. The summed E-state index contributed by atoms with van der Waals surface area (Å²) in [6, 6.07) is 5.12. The molecule has 0 aliphatic heterocycles. The Bertz CT molecular complexity index is 1090. The van der Waals surface area contributed by atoms with E-state index in [1.165, 1.54) is 24.3 Å². The third-order valence-corrected chi connectivity index (χ3v) is 3.51. The van der Waals surface area contributed by atoms with Crippen LogP contribution < -0.4 is 21.8 Å². The molecule has 0 atom stereocenters. The van der Waals surface area contributed by atoms with E-state index in [1.54, 1.807) is 0 Å². The SMILES string of the molecule is NC(=O)C(=CC=Cc1c(OC(=O)O)[nH]n(-c2ccc(C(=O)O)cc2)c1=O)C(N)=O. The summed E-state index contributed by atoms with van der Waals surface area (Å²) < 4.78 is 5.45. The summed E-state index contributed by atoms with van der Waals surface area (Å²) in [6.07, 6.45) is 1.40. The zero-order valence-corrected chi connectivity index (χ0v) is 14.5. The average Bonchev–Trinajstić information content (AvgIpc) is 2.93. The summed E-state index contributed by atoms with van der Waals surface area (Å²) in [5.74, 6) is -3.79. The second-order valence-electron chi connectivity index (χ2n) is 5.38. The predicted octanol–water partition coefficient (Wildman–Crippen LogP) is -0.169. The maximum absolute atomic E-state index is 12.6. The molecule has 2 aromatic rings. The van der Waals surface area contributed by atoms with Gasteiger partial charge in [-0.2, -0.15) is 0 Å². The number of primary amides is 2. The first-order valence-electron chi connectivity index (χ1n) is 7.69. The lowest BCUT2D eigenvalue weighted by atomic mass is 10.2. The maximum Gasteiger partial charge on any atom is 0.512 e. The zero-order chi connectivity index (χ0) is 21.7. The van der Waals surface area contributed by atoms with Gasteiger partial charge in [0.2, 0.25) is 5.88 Å². The number of nitrogens with two attached hydrogens (primary N) is 2. The van der Waals surface area contributed by atoms with Crippen LogP contribution in [0.2, 0.25) is 0 Å². The van der Waals surface area contributed by atoms with Gasteiger partial charge in [0, 0.05) is 0 Å². The van der Waals surface area contributed by atoms with Crippen LogP contribution in [0.4, 0.5) is 4.79 Å². The highest BCUT2D eigenvalue weighted by atomic mass is 16.7. The molecule has 1 heterocycles. The molecule has 1 aromatic heterocycles. The fraction of sp³-hybridized carbons (Fsp3) is 0. The number of nitrogens with one attached hydrogen (secondary N) is 1. The number of benzene rings is 1. The third-order valence-electron chi connectivity index (χ3n) is 3.51. The number of allylic oxidation sites excluding steroid dienone is 2. The minimum absolute atomic E-state index is 0.0222. The lowest BCUT2D eigenvalue weighted by Crippen LogP contribution is -2.25. The summed E-state index contributed by atoms with van der Waals surface area (Å²) in [5, 5.41) is 20.2. The number of hydrogen-bond acceptors (Lipinski definition) is 6. The highest BCUT2D eigenvalue weighted by molar-refractivity contribution is 6.17. The second kappa shape index (κ2) is 8.39. The zero-order valence-electron chi connectivity index (χ0n) is 14.5. The number of rotatable bonds is 7. The predicted molar refractivity (Wildman–Crippen MR) is 97.5 cm³/mol. The van der Waals surface area contributed by atoms with Crippen LogP contribution in [0.1, 0.15) is 15.9 Å². The molecule has 0 saturated heterocycles. The Labute approximate surface area is 161 Å². The molecule has 12 nitrogen and oxygen atoms in total. The fourth-order valence-electron chi connectivity index (χ4n) is 2.20. The summed E-state index contributed by atoms with van der Waals surface area (Å²) in [4.78, 5) is 56.7. The Morgan fingerprint density at radius 3 is 2.10 bits per heavy atom. The first-order chi connectivity index (χ1) is 13.6.